The van der Waals surface area contributed by atoms with E-state index < -0.39 is 71.8 Å². The third-order valence-electron chi connectivity index (χ3n) is 13.4. The summed E-state index contributed by atoms with van der Waals surface area (Å²) in [6.07, 6.45) is 8.33. The van der Waals surface area contributed by atoms with E-state index >= 15 is 0 Å². The molecule has 3 aliphatic heterocycles. The molecule has 3 heterocycles. The first-order valence-corrected chi connectivity index (χ1v) is 22.8. The summed E-state index contributed by atoms with van der Waals surface area (Å²) in [5.74, 6) is -6.62. The minimum Gasteiger partial charge on any atom is -0.462 e. The van der Waals surface area contributed by atoms with E-state index in [1.165, 1.54) is 4.90 Å². The molecule has 0 aromatic carbocycles. The molecule has 0 radical (unpaired) electrons. The smallest absolute Gasteiger partial charge is 0.329 e. The predicted octanol–water partition coefficient (Wildman–Crippen LogP) is 7.06. The van der Waals surface area contributed by atoms with Crippen molar-refractivity contribution < 1.29 is 53.1 Å². The van der Waals surface area contributed by atoms with E-state index in [4.69, 9.17) is 23.7 Å². The number of rotatable bonds is 9. The monoisotopic (exact) mass is 857 g/mol. The normalized spacial score (nSPS) is 37.8. The Morgan fingerprint density at radius 2 is 1.67 bits per heavy atom. The maximum atomic E-state index is 14.4. The fourth-order valence-corrected chi connectivity index (χ4v) is 9.87. The first-order valence-electron chi connectivity index (χ1n) is 22.8. The van der Waals surface area contributed by atoms with Crippen molar-refractivity contribution in [3.63, 3.8) is 0 Å². The second kappa shape index (κ2) is 22.9. The minimum atomic E-state index is -2.50. The molecule has 0 aromatic rings. The van der Waals surface area contributed by atoms with Gasteiger partial charge in [-0.3, -0.25) is 14.4 Å². The average molecular weight is 857 g/mol. The number of allylic oxidation sites excluding steroid dienone is 4. The summed E-state index contributed by atoms with van der Waals surface area (Å²) < 4.78 is 30.2. The molecule has 344 valence electrons. The first-order chi connectivity index (χ1) is 28.8. The Labute approximate surface area is 364 Å². The number of carbonyl (C=O) groups excluding carboxylic acids is 4. The topological polar surface area (TPSA) is 182 Å². The molecule has 1 aliphatic carbocycles. The summed E-state index contributed by atoms with van der Waals surface area (Å²) in [6.45, 7) is 17.5. The molecule has 61 heavy (non-hydrogen) atoms. The van der Waals surface area contributed by atoms with E-state index in [0.29, 0.717) is 44.9 Å². The number of aliphatic hydroxyl groups is 2. The zero-order valence-electron chi connectivity index (χ0n) is 38.4. The average Bonchev–Trinajstić information content (AvgIpc) is 3.21. The number of amides is 1. The molecule has 4 rings (SSSR count). The van der Waals surface area contributed by atoms with Gasteiger partial charge in [0.05, 0.1) is 18.3 Å². The van der Waals surface area contributed by atoms with Crippen LogP contribution in [0.5, 0.6) is 0 Å². The van der Waals surface area contributed by atoms with Crippen molar-refractivity contribution in [1.29, 1.82) is 5.41 Å². The number of hydrogen-bond acceptors (Lipinski definition) is 12. The van der Waals surface area contributed by atoms with Gasteiger partial charge in [0.2, 0.25) is 5.79 Å². The van der Waals surface area contributed by atoms with Gasteiger partial charge in [0.15, 0.2) is 0 Å². The van der Waals surface area contributed by atoms with Gasteiger partial charge in [-0.1, -0.05) is 59.8 Å². The van der Waals surface area contributed by atoms with Gasteiger partial charge in [-0.15, -0.1) is 6.58 Å². The second-order valence-electron chi connectivity index (χ2n) is 19.0. The van der Waals surface area contributed by atoms with Crippen LogP contribution >= 0.6 is 0 Å². The molecule has 3 N–H and O–H groups in total. The summed E-state index contributed by atoms with van der Waals surface area (Å²) >= 11 is 0. The van der Waals surface area contributed by atoms with Crippen LogP contribution < -0.4 is 0 Å². The van der Waals surface area contributed by atoms with Gasteiger partial charge in [0, 0.05) is 51.2 Å². The number of hydrogen-bond donors (Lipinski definition) is 3. The summed E-state index contributed by atoms with van der Waals surface area (Å²) in [5, 5.41) is 33.1. The highest BCUT2D eigenvalue weighted by Crippen LogP contribution is 2.39. The number of Topliss-reactive ketones (excluding diaryl/α,β-unsaturated/α-hetero) is 1. The molecule has 2 saturated heterocycles. The number of fused-ring (bicyclic) bond motifs is 3. The number of carbonyl (C=O) groups is 4. The largest absolute Gasteiger partial charge is 0.462 e. The first kappa shape index (κ1) is 50.4. The molecular formula is C48H76N2O11. The number of ether oxygens (including phenoxy) is 5. The van der Waals surface area contributed by atoms with E-state index in [0.717, 1.165) is 30.4 Å². The highest BCUT2D eigenvalue weighted by molar-refractivity contribution is 6.39. The minimum absolute atomic E-state index is 0.0137. The van der Waals surface area contributed by atoms with Crippen LogP contribution in [0.15, 0.2) is 36.0 Å². The number of nitrogens with one attached hydrogen (secondary N) is 1. The predicted molar refractivity (Wildman–Crippen MR) is 232 cm³/mol. The fraction of sp³-hybridized carbons (Fsp3) is 0.771. The molecule has 3 fully saturated rings. The lowest BCUT2D eigenvalue weighted by Gasteiger charge is -2.47. The Balaban J connectivity index is 1.72. The van der Waals surface area contributed by atoms with Crippen molar-refractivity contribution in [3.8, 4) is 0 Å². The van der Waals surface area contributed by atoms with Gasteiger partial charge >= 0.3 is 11.9 Å². The third kappa shape index (κ3) is 13.2. The number of methoxy groups -OCH3 is 2. The summed E-state index contributed by atoms with van der Waals surface area (Å²) in [6, 6.07) is -1.12. The Morgan fingerprint density at radius 3 is 2.30 bits per heavy atom. The highest BCUT2D eigenvalue weighted by Gasteiger charge is 2.56. The van der Waals surface area contributed by atoms with E-state index in [-0.39, 0.29) is 67.3 Å². The molecule has 2 bridgehead atoms. The molecule has 1 saturated carbocycles. The third-order valence-corrected chi connectivity index (χ3v) is 13.4. The van der Waals surface area contributed by atoms with E-state index in [2.05, 4.69) is 32.6 Å². The molecule has 1 amide bonds. The number of nitrogens with zero attached hydrogens (tertiary/aromatic N) is 1. The van der Waals surface area contributed by atoms with Crippen LogP contribution in [-0.2, 0) is 42.9 Å². The van der Waals surface area contributed by atoms with Gasteiger partial charge in [-0.2, -0.15) is 0 Å². The van der Waals surface area contributed by atoms with Gasteiger partial charge in [-0.25, -0.2) is 4.79 Å². The van der Waals surface area contributed by atoms with Gasteiger partial charge in [0.1, 0.15) is 24.4 Å². The van der Waals surface area contributed by atoms with Crippen molar-refractivity contribution in [3.05, 3.63) is 36.0 Å². The van der Waals surface area contributed by atoms with E-state index in [1.807, 2.05) is 20.8 Å². The zero-order chi connectivity index (χ0) is 45.2. The van der Waals surface area contributed by atoms with Crippen LogP contribution in [0.3, 0.4) is 0 Å². The molecule has 13 nitrogen and oxygen atoms in total. The number of esters is 2. The number of piperidine rings is 1. The molecule has 0 aromatic heterocycles. The standard InChI is InChI=1S/C48H76N2O11/c1-11-14-35-23-29(4)22-30(5)24-40(57-9)44-41(58-10)26-32(7)48(56,61-44)45(53)46(54)50-20-13-12-15-38(50)47(55)60-43(33(8)39(51)27-37(35)49)31(6)25-34-16-18-36(19-17-34)59-42(52)21-28(2)3/h11,23,25,28-30,32-34,36,38-41,43-44,49,51,56H,1,12-22,24,26-27H2,2-10H3/b31-25?,35-23+,49-37?. The molecule has 11 atom stereocenters. The molecule has 0 spiro atoms. The second-order valence-corrected chi connectivity index (χ2v) is 19.0. The van der Waals surface area contributed by atoms with Crippen LogP contribution in [0.1, 0.15) is 132 Å². The molecule has 11 unspecified atom stereocenters. The van der Waals surface area contributed by atoms with Crippen LogP contribution in [0.4, 0.5) is 0 Å². The maximum absolute atomic E-state index is 14.4. The number of aliphatic hydroxyl groups excluding tert-OH is 1. The lowest BCUT2D eigenvalue weighted by Crippen LogP contribution is -2.64. The van der Waals surface area contributed by atoms with Gasteiger partial charge in [0.25, 0.3) is 11.7 Å². The van der Waals surface area contributed by atoms with Crippen LogP contribution in [-0.4, -0.2) is 114 Å². The molecule has 4 aliphatic rings. The lowest BCUT2D eigenvalue weighted by atomic mass is 9.81. The zero-order valence-corrected chi connectivity index (χ0v) is 38.4. The van der Waals surface area contributed by atoms with Crippen molar-refractivity contribution in [2.75, 3.05) is 20.8 Å². The van der Waals surface area contributed by atoms with Gasteiger partial charge < -0.3 is 44.2 Å². The quantitative estimate of drug-likeness (QED) is 0.123. The Morgan fingerprint density at radius 1 is 1.02 bits per heavy atom. The molecular weight excluding hydrogens is 781 g/mol. The lowest BCUT2D eigenvalue weighted by molar-refractivity contribution is -0.302. The van der Waals surface area contributed by atoms with Crippen molar-refractivity contribution >= 4 is 29.3 Å². The Bertz CT molecular complexity index is 1600. The Kier molecular flexibility index (Phi) is 18.9. The van der Waals surface area contributed by atoms with Crippen molar-refractivity contribution in [1.82, 2.24) is 4.90 Å². The van der Waals surface area contributed by atoms with Crippen LogP contribution in [0, 0.1) is 40.9 Å². The summed E-state index contributed by atoms with van der Waals surface area (Å²) in [5.41, 5.74) is 1.75. The van der Waals surface area contributed by atoms with Crippen LogP contribution in [0.25, 0.3) is 0 Å². The van der Waals surface area contributed by atoms with Crippen molar-refractivity contribution in [2.24, 2.45) is 35.5 Å². The Hall–Kier alpha value is -3.23. The SMILES string of the molecule is C=CC/C1=C\C(C)CC(C)CC(OC)C2OC(O)(C(=O)C(=O)N3CCCCC3C(=O)OC(C(C)=CC3CCC(OC(=O)CC(C)C)CC3)C(C)C(O)CC1=N)C(C)CC2OC. The van der Waals surface area contributed by atoms with E-state index in [9.17, 15) is 34.8 Å². The van der Waals surface area contributed by atoms with E-state index in [1.54, 1.807) is 34.1 Å². The van der Waals surface area contributed by atoms with Crippen molar-refractivity contribution in [2.45, 2.75) is 180 Å². The number of cyclic esters (lactones) is 1. The fourth-order valence-electron chi connectivity index (χ4n) is 9.87. The maximum Gasteiger partial charge on any atom is 0.329 e. The van der Waals surface area contributed by atoms with Crippen LogP contribution in [0.2, 0.25) is 0 Å². The molecule has 13 heteroatoms. The summed E-state index contributed by atoms with van der Waals surface area (Å²) in [7, 11) is 3.09. The highest BCUT2D eigenvalue weighted by atomic mass is 16.7. The summed E-state index contributed by atoms with van der Waals surface area (Å²) in [4.78, 5) is 56.6. The van der Waals surface area contributed by atoms with Gasteiger partial charge in [-0.05, 0) is 112 Å². The number of ketones is 1.